The van der Waals surface area contributed by atoms with Crippen LogP contribution in [0.1, 0.15) is 10.6 Å². The number of nitrogens with zero attached hydrogens (tertiary/aromatic N) is 4. The lowest BCUT2D eigenvalue weighted by atomic mass is 10.1. The first-order valence-electron chi connectivity index (χ1n) is 5.25. The zero-order valence-electron chi connectivity index (χ0n) is 9.22. The van der Waals surface area contributed by atoms with Crippen LogP contribution in [-0.2, 0) is 0 Å². The number of rotatable bonds is 3. The lowest BCUT2D eigenvalue weighted by molar-refractivity contribution is 0.110. The molecule has 0 bridgehead atoms. The second-order valence-corrected chi connectivity index (χ2v) is 3.62. The van der Waals surface area contributed by atoms with E-state index in [1.807, 2.05) is 24.3 Å². The third kappa shape index (κ3) is 1.80. The van der Waals surface area contributed by atoms with E-state index >= 15 is 0 Å². The van der Waals surface area contributed by atoms with E-state index in [1.165, 1.54) is 6.33 Å². The molecule has 0 saturated carbocycles. The SMILES string of the molecule is O=Cc1ccc(-c2cccc(-n3cnnn3)c2)o1. The molecule has 2 aromatic heterocycles. The summed E-state index contributed by atoms with van der Waals surface area (Å²) in [4.78, 5) is 10.6. The van der Waals surface area contributed by atoms with Gasteiger partial charge in [0.05, 0.1) is 5.69 Å². The van der Waals surface area contributed by atoms with Gasteiger partial charge < -0.3 is 4.42 Å². The predicted octanol–water partition coefficient (Wildman–Crippen LogP) is 1.73. The third-order valence-electron chi connectivity index (χ3n) is 2.49. The summed E-state index contributed by atoms with van der Waals surface area (Å²) in [6.45, 7) is 0. The van der Waals surface area contributed by atoms with Gasteiger partial charge in [-0.3, -0.25) is 4.79 Å². The Kier molecular flexibility index (Phi) is 2.45. The third-order valence-corrected chi connectivity index (χ3v) is 2.49. The molecule has 6 nitrogen and oxygen atoms in total. The number of hydrogen-bond donors (Lipinski definition) is 0. The molecule has 1 aromatic carbocycles. The monoisotopic (exact) mass is 240 g/mol. The highest BCUT2D eigenvalue weighted by atomic mass is 16.3. The van der Waals surface area contributed by atoms with Gasteiger partial charge in [-0.15, -0.1) is 5.10 Å². The Balaban J connectivity index is 2.03. The van der Waals surface area contributed by atoms with Crippen molar-refractivity contribution < 1.29 is 9.21 Å². The molecule has 0 fully saturated rings. The first-order valence-corrected chi connectivity index (χ1v) is 5.25. The Bertz CT molecular complexity index is 673. The van der Waals surface area contributed by atoms with Gasteiger partial charge in [0.15, 0.2) is 12.0 Å². The van der Waals surface area contributed by atoms with Gasteiger partial charge in [0.25, 0.3) is 0 Å². The molecule has 0 atom stereocenters. The Hall–Kier alpha value is -2.76. The maximum Gasteiger partial charge on any atom is 0.185 e. The summed E-state index contributed by atoms with van der Waals surface area (Å²) in [5.74, 6) is 0.935. The fourth-order valence-electron chi connectivity index (χ4n) is 1.65. The van der Waals surface area contributed by atoms with Crippen molar-refractivity contribution in [2.45, 2.75) is 0 Å². The number of carbonyl (C=O) groups is 1. The van der Waals surface area contributed by atoms with Crippen LogP contribution >= 0.6 is 0 Å². The van der Waals surface area contributed by atoms with Crippen molar-refractivity contribution in [2.75, 3.05) is 0 Å². The molecule has 2 heterocycles. The van der Waals surface area contributed by atoms with Crippen LogP contribution in [0.5, 0.6) is 0 Å². The number of benzene rings is 1. The van der Waals surface area contributed by atoms with Gasteiger partial charge in [0.2, 0.25) is 0 Å². The smallest absolute Gasteiger partial charge is 0.185 e. The molecule has 0 N–H and O–H groups in total. The number of carbonyl (C=O) groups excluding carboxylic acids is 1. The lowest BCUT2D eigenvalue weighted by Gasteiger charge is -2.01. The second-order valence-electron chi connectivity index (χ2n) is 3.62. The van der Waals surface area contributed by atoms with Crippen LogP contribution in [0.25, 0.3) is 17.0 Å². The van der Waals surface area contributed by atoms with E-state index in [-0.39, 0.29) is 0 Å². The molecule has 6 heteroatoms. The van der Waals surface area contributed by atoms with Crippen molar-refractivity contribution in [3.63, 3.8) is 0 Å². The fourth-order valence-corrected chi connectivity index (χ4v) is 1.65. The van der Waals surface area contributed by atoms with E-state index in [9.17, 15) is 4.79 Å². The number of aromatic nitrogens is 4. The average Bonchev–Trinajstić information content (AvgIpc) is 3.10. The summed E-state index contributed by atoms with van der Waals surface area (Å²) < 4.78 is 6.91. The van der Waals surface area contributed by atoms with Crippen molar-refractivity contribution >= 4 is 6.29 Å². The van der Waals surface area contributed by atoms with Gasteiger partial charge in [0, 0.05) is 5.56 Å². The summed E-state index contributed by atoms with van der Waals surface area (Å²) in [6.07, 6.45) is 2.19. The Labute approximate surface area is 102 Å². The largest absolute Gasteiger partial charge is 0.453 e. The molecule has 3 aromatic rings. The minimum atomic E-state index is 0.304. The molecule has 88 valence electrons. The fraction of sp³-hybridized carbons (Fsp3) is 0. The van der Waals surface area contributed by atoms with Crippen LogP contribution in [0, 0.1) is 0 Å². The Morgan fingerprint density at radius 1 is 1.22 bits per heavy atom. The lowest BCUT2D eigenvalue weighted by Crippen LogP contribution is -1.94. The normalized spacial score (nSPS) is 10.4. The van der Waals surface area contributed by atoms with E-state index in [0.29, 0.717) is 17.8 Å². The number of tetrazole rings is 1. The Morgan fingerprint density at radius 3 is 2.89 bits per heavy atom. The summed E-state index contributed by atoms with van der Waals surface area (Å²) in [5, 5.41) is 11.0. The highest BCUT2D eigenvalue weighted by Gasteiger charge is 2.06. The van der Waals surface area contributed by atoms with Crippen LogP contribution in [-0.4, -0.2) is 26.5 Å². The van der Waals surface area contributed by atoms with Crippen LogP contribution in [0.15, 0.2) is 47.1 Å². The molecule has 0 radical (unpaired) electrons. The minimum Gasteiger partial charge on any atom is -0.453 e. The van der Waals surface area contributed by atoms with Gasteiger partial charge >= 0.3 is 0 Å². The highest BCUT2D eigenvalue weighted by molar-refractivity contribution is 5.73. The predicted molar refractivity (Wildman–Crippen MR) is 62.2 cm³/mol. The number of aldehydes is 1. The molecule has 0 saturated heterocycles. The maximum absolute atomic E-state index is 10.6. The molecular formula is C12H8N4O2. The van der Waals surface area contributed by atoms with Crippen LogP contribution in [0.3, 0.4) is 0 Å². The molecule has 0 aliphatic rings. The van der Waals surface area contributed by atoms with Crippen LogP contribution in [0.2, 0.25) is 0 Å². The van der Waals surface area contributed by atoms with Gasteiger partial charge in [0.1, 0.15) is 12.1 Å². The highest BCUT2D eigenvalue weighted by Crippen LogP contribution is 2.23. The van der Waals surface area contributed by atoms with Crippen molar-refractivity contribution in [1.82, 2.24) is 20.2 Å². The summed E-state index contributed by atoms with van der Waals surface area (Å²) in [5.41, 5.74) is 1.68. The summed E-state index contributed by atoms with van der Waals surface area (Å²) >= 11 is 0. The van der Waals surface area contributed by atoms with Crippen molar-refractivity contribution in [3.8, 4) is 17.0 Å². The molecule has 18 heavy (non-hydrogen) atoms. The van der Waals surface area contributed by atoms with Crippen molar-refractivity contribution in [3.05, 3.63) is 48.5 Å². The number of furan rings is 1. The van der Waals surface area contributed by atoms with Gasteiger partial charge in [-0.1, -0.05) is 12.1 Å². The summed E-state index contributed by atoms with van der Waals surface area (Å²) in [7, 11) is 0. The van der Waals surface area contributed by atoms with Gasteiger partial charge in [-0.25, -0.2) is 4.68 Å². The minimum absolute atomic E-state index is 0.304. The molecule has 0 spiro atoms. The summed E-state index contributed by atoms with van der Waals surface area (Å²) in [6, 6.07) is 10.9. The maximum atomic E-state index is 10.6. The molecule has 0 unspecified atom stereocenters. The molecular weight excluding hydrogens is 232 g/mol. The van der Waals surface area contributed by atoms with E-state index in [0.717, 1.165) is 11.3 Å². The number of hydrogen-bond acceptors (Lipinski definition) is 5. The molecule has 0 amide bonds. The van der Waals surface area contributed by atoms with Crippen molar-refractivity contribution in [1.29, 1.82) is 0 Å². The standard InChI is InChI=1S/C12H8N4O2/c17-7-11-4-5-12(18-11)9-2-1-3-10(6-9)16-8-13-14-15-16/h1-8H. The first-order chi connectivity index (χ1) is 8.86. The van der Waals surface area contributed by atoms with Crippen LogP contribution in [0.4, 0.5) is 0 Å². The topological polar surface area (TPSA) is 73.8 Å². The molecule has 0 aliphatic carbocycles. The zero-order valence-corrected chi connectivity index (χ0v) is 9.22. The molecule has 0 aliphatic heterocycles. The average molecular weight is 240 g/mol. The van der Waals surface area contributed by atoms with E-state index < -0.39 is 0 Å². The van der Waals surface area contributed by atoms with Gasteiger partial charge in [-0.05, 0) is 34.7 Å². The molecule has 3 rings (SSSR count). The quantitative estimate of drug-likeness (QED) is 0.652. The zero-order chi connectivity index (χ0) is 12.4. The van der Waals surface area contributed by atoms with E-state index in [1.54, 1.807) is 16.8 Å². The van der Waals surface area contributed by atoms with Gasteiger partial charge in [-0.2, -0.15) is 0 Å². The second kappa shape index (κ2) is 4.25. The van der Waals surface area contributed by atoms with Crippen molar-refractivity contribution in [2.24, 2.45) is 0 Å². The van der Waals surface area contributed by atoms with Crippen LogP contribution < -0.4 is 0 Å². The van der Waals surface area contributed by atoms with E-state index in [2.05, 4.69) is 15.5 Å². The van der Waals surface area contributed by atoms with E-state index in [4.69, 9.17) is 4.42 Å². The Morgan fingerprint density at radius 2 is 2.17 bits per heavy atom. The first kappa shape index (κ1) is 10.4.